The second-order valence-electron chi connectivity index (χ2n) is 5.15. The van der Waals surface area contributed by atoms with E-state index in [0.29, 0.717) is 19.1 Å². The third kappa shape index (κ3) is 3.80. The van der Waals surface area contributed by atoms with Crippen LogP contribution < -0.4 is 4.74 Å². The molecule has 0 bridgehead atoms. The third-order valence-electron chi connectivity index (χ3n) is 3.35. The molecule has 1 aromatic carbocycles. The molecule has 1 aliphatic heterocycles. The van der Waals surface area contributed by atoms with Crippen LogP contribution in [0.5, 0.6) is 5.75 Å². The van der Waals surface area contributed by atoms with Gasteiger partial charge in [-0.2, -0.15) is 0 Å². The maximum Gasteiger partial charge on any atom is 0.175 e. The first kappa shape index (κ1) is 14.5. The molecule has 0 amide bonds. The predicted octanol–water partition coefficient (Wildman–Crippen LogP) is 3.56. The van der Waals surface area contributed by atoms with Crippen LogP contribution in [-0.4, -0.2) is 25.6 Å². The summed E-state index contributed by atoms with van der Waals surface area (Å²) in [5.74, 6) is 1.30. The van der Waals surface area contributed by atoms with Gasteiger partial charge in [-0.15, -0.1) is 0 Å². The highest BCUT2D eigenvalue weighted by Gasteiger charge is 2.24. The van der Waals surface area contributed by atoms with Crippen molar-refractivity contribution in [3.63, 3.8) is 0 Å². The van der Waals surface area contributed by atoms with Crippen LogP contribution in [0, 0.1) is 5.92 Å². The van der Waals surface area contributed by atoms with Gasteiger partial charge in [0.15, 0.2) is 5.78 Å². The Balaban J connectivity index is 2.00. The quantitative estimate of drug-likeness (QED) is 0.830. The normalized spacial score (nSPS) is 18.8. The van der Waals surface area contributed by atoms with E-state index in [1.807, 2.05) is 18.2 Å². The summed E-state index contributed by atoms with van der Waals surface area (Å²) >= 11 is 3.46. The molecule has 0 aliphatic carbocycles. The van der Waals surface area contributed by atoms with Crippen LogP contribution in [0.25, 0.3) is 0 Å². The van der Waals surface area contributed by atoms with E-state index < -0.39 is 0 Å². The van der Waals surface area contributed by atoms with Gasteiger partial charge in [0.05, 0.1) is 6.61 Å². The number of carbonyl (C=O) groups excluding carboxylic acids is 1. The van der Waals surface area contributed by atoms with Crippen molar-refractivity contribution in [3.05, 3.63) is 28.2 Å². The van der Waals surface area contributed by atoms with E-state index >= 15 is 0 Å². The Morgan fingerprint density at radius 1 is 1.53 bits per heavy atom. The first-order chi connectivity index (χ1) is 9.08. The minimum absolute atomic E-state index is 0.0120. The van der Waals surface area contributed by atoms with Gasteiger partial charge in [0, 0.05) is 17.0 Å². The van der Waals surface area contributed by atoms with Crippen LogP contribution in [0.15, 0.2) is 22.7 Å². The SMILES string of the molecule is CC(C)c1cc(Br)ccc1OCC(=O)C1CCOC1. The van der Waals surface area contributed by atoms with Crippen molar-refractivity contribution in [2.75, 3.05) is 19.8 Å². The maximum absolute atomic E-state index is 12.0. The predicted molar refractivity (Wildman–Crippen MR) is 77.7 cm³/mol. The number of Topliss-reactive ketones (excluding diaryl/α,β-unsaturated/α-hetero) is 1. The Bertz CT molecular complexity index is 451. The Labute approximate surface area is 122 Å². The highest BCUT2D eigenvalue weighted by Crippen LogP contribution is 2.29. The van der Waals surface area contributed by atoms with Gasteiger partial charge in [-0.05, 0) is 36.1 Å². The molecule has 1 atom stereocenters. The van der Waals surface area contributed by atoms with Gasteiger partial charge >= 0.3 is 0 Å². The van der Waals surface area contributed by atoms with Crippen molar-refractivity contribution in [1.29, 1.82) is 0 Å². The van der Waals surface area contributed by atoms with Crippen molar-refractivity contribution < 1.29 is 14.3 Å². The lowest BCUT2D eigenvalue weighted by Crippen LogP contribution is -2.22. The molecule has 1 heterocycles. The van der Waals surface area contributed by atoms with E-state index in [2.05, 4.69) is 29.8 Å². The molecule has 0 aromatic heterocycles. The first-order valence-corrected chi connectivity index (χ1v) is 7.40. The van der Waals surface area contributed by atoms with Gasteiger partial charge < -0.3 is 9.47 Å². The summed E-state index contributed by atoms with van der Waals surface area (Å²) < 4.78 is 12.0. The number of benzene rings is 1. The summed E-state index contributed by atoms with van der Waals surface area (Å²) in [5.41, 5.74) is 1.12. The number of hydrogen-bond acceptors (Lipinski definition) is 3. The number of ketones is 1. The fourth-order valence-electron chi connectivity index (χ4n) is 2.16. The number of hydrogen-bond donors (Lipinski definition) is 0. The first-order valence-electron chi connectivity index (χ1n) is 6.60. The summed E-state index contributed by atoms with van der Waals surface area (Å²) in [6.07, 6.45) is 0.819. The molecule has 0 N–H and O–H groups in total. The zero-order chi connectivity index (χ0) is 13.8. The zero-order valence-corrected chi connectivity index (χ0v) is 12.9. The molecule has 1 aromatic rings. The van der Waals surface area contributed by atoms with Crippen LogP contribution in [0.1, 0.15) is 31.7 Å². The average Bonchev–Trinajstić information content (AvgIpc) is 2.90. The van der Waals surface area contributed by atoms with Crippen molar-refractivity contribution in [3.8, 4) is 5.75 Å². The molecule has 19 heavy (non-hydrogen) atoms. The van der Waals surface area contributed by atoms with Gasteiger partial charge in [0.1, 0.15) is 12.4 Å². The Morgan fingerprint density at radius 3 is 2.95 bits per heavy atom. The van der Waals surface area contributed by atoms with Crippen LogP contribution >= 0.6 is 15.9 Å². The minimum Gasteiger partial charge on any atom is -0.486 e. The van der Waals surface area contributed by atoms with Gasteiger partial charge in [-0.3, -0.25) is 4.79 Å². The van der Waals surface area contributed by atoms with Gasteiger partial charge in [0.25, 0.3) is 0 Å². The molecular formula is C15H19BrO3. The highest BCUT2D eigenvalue weighted by atomic mass is 79.9. The molecule has 0 radical (unpaired) electrons. The van der Waals surface area contributed by atoms with Crippen molar-refractivity contribution in [2.45, 2.75) is 26.2 Å². The topological polar surface area (TPSA) is 35.5 Å². The second kappa shape index (κ2) is 6.53. The highest BCUT2D eigenvalue weighted by molar-refractivity contribution is 9.10. The molecular weight excluding hydrogens is 308 g/mol. The lowest BCUT2D eigenvalue weighted by Gasteiger charge is -2.15. The van der Waals surface area contributed by atoms with E-state index in [9.17, 15) is 4.79 Å². The monoisotopic (exact) mass is 326 g/mol. The van der Waals surface area contributed by atoms with Gasteiger partial charge in [-0.25, -0.2) is 0 Å². The molecule has 1 fully saturated rings. The maximum atomic E-state index is 12.0. The molecule has 104 valence electrons. The second-order valence-corrected chi connectivity index (χ2v) is 6.07. The number of halogens is 1. The molecule has 1 aliphatic rings. The van der Waals surface area contributed by atoms with E-state index in [1.54, 1.807) is 0 Å². The fourth-order valence-corrected chi connectivity index (χ4v) is 2.54. The Hall–Kier alpha value is -0.870. The fraction of sp³-hybridized carbons (Fsp3) is 0.533. The molecule has 1 saturated heterocycles. The van der Waals surface area contributed by atoms with Crippen molar-refractivity contribution >= 4 is 21.7 Å². The molecule has 0 saturated carbocycles. The molecule has 4 heteroatoms. The van der Waals surface area contributed by atoms with E-state index in [-0.39, 0.29) is 18.3 Å². The lowest BCUT2D eigenvalue weighted by atomic mass is 10.0. The van der Waals surface area contributed by atoms with Crippen LogP contribution in [0.2, 0.25) is 0 Å². The van der Waals surface area contributed by atoms with Gasteiger partial charge in [-0.1, -0.05) is 29.8 Å². The molecule has 2 rings (SSSR count). The minimum atomic E-state index is 0.0120. The Morgan fingerprint density at radius 2 is 2.32 bits per heavy atom. The average molecular weight is 327 g/mol. The standard InChI is InChI=1S/C15H19BrO3/c1-10(2)13-7-12(16)3-4-15(13)19-9-14(17)11-5-6-18-8-11/h3-4,7,10-11H,5-6,8-9H2,1-2H3. The Kier molecular flexibility index (Phi) is 4.99. The van der Waals surface area contributed by atoms with Crippen LogP contribution in [0.4, 0.5) is 0 Å². The number of ether oxygens (including phenoxy) is 2. The van der Waals surface area contributed by atoms with Gasteiger partial charge in [0.2, 0.25) is 0 Å². The molecule has 1 unspecified atom stereocenters. The molecule has 0 spiro atoms. The van der Waals surface area contributed by atoms with E-state index in [1.165, 1.54) is 0 Å². The smallest absolute Gasteiger partial charge is 0.175 e. The number of rotatable bonds is 5. The van der Waals surface area contributed by atoms with Crippen LogP contribution in [0.3, 0.4) is 0 Å². The van der Waals surface area contributed by atoms with Crippen molar-refractivity contribution in [2.24, 2.45) is 5.92 Å². The summed E-state index contributed by atoms with van der Waals surface area (Å²) in [4.78, 5) is 12.0. The van der Waals surface area contributed by atoms with Crippen LogP contribution in [-0.2, 0) is 9.53 Å². The number of carbonyl (C=O) groups is 1. The summed E-state index contributed by atoms with van der Waals surface area (Å²) in [6.45, 7) is 5.59. The van der Waals surface area contributed by atoms with Crippen molar-refractivity contribution in [1.82, 2.24) is 0 Å². The lowest BCUT2D eigenvalue weighted by molar-refractivity contribution is -0.124. The summed E-state index contributed by atoms with van der Waals surface area (Å²) in [5, 5.41) is 0. The molecule has 3 nitrogen and oxygen atoms in total. The summed E-state index contributed by atoms with van der Waals surface area (Å²) in [6, 6.07) is 5.89. The zero-order valence-electron chi connectivity index (χ0n) is 11.3. The van der Waals surface area contributed by atoms with E-state index in [0.717, 1.165) is 22.2 Å². The summed E-state index contributed by atoms with van der Waals surface area (Å²) in [7, 11) is 0. The third-order valence-corrected chi connectivity index (χ3v) is 3.84. The van der Waals surface area contributed by atoms with E-state index in [4.69, 9.17) is 9.47 Å². The largest absolute Gasteiger partial charge is 0.486 e.